The molecule has 0 radical (unpaired) electrons. The highest BCUT2D eigenvalue weighted by molar-refractivity contribution is 6.10. The monoisotopic (exact) mass is 401 g/mol. The molecule has 1 unspecified atom stereocenters. The first-order chi connectivity index (χ1) is 14.4. The summed E-state index contributed by atoms with van der Waals surface area (Å²) in [5.41, 5.74) is 5.86. The van der Waals surface area contributed by atoms with Gasteiger partial charge in [-0.05, 0) is 67.1 Å². The van der Waals surface area contributed by atoms with Crippen LogP contribution in [0.2, 0.25) is 0 Å². The molecule has 0 aromatic heterocycles. The van der Waals surface area contributed by atoms with Crippen LogP contribution in [0.1, 0.15) is 93.3 Å². The average molecular weight is 402 g/mol. The van der Waals surface area contributed by atoms with Gasteiger partial charge in [0.15, 0.2) is 5.78 Å². The molecule has 3 rings (SSSR count). The normalized spacial score (nSPS) is 14.5. The van der Waals surface area contributed by atoms with Crippen molar-refractivity contribution >= 4 is 11.6 Å². The fraction of sp³-hybridized carbons (Fsp3) is 0.444. The zero-order chi connectivity index (χ0) is 21.9. The molecule has 0 aliphatic heterocycles. The second-order valence-corrected chi connectivity index (χ2v) is 8.62. The maximum atomic E-state index is 12.9. The van der Waals surface area contributed by atoms with Crippen LogP contribution in [0.4, 0.5) is 0 Å². The third-order valence-electron chi connectivity index (χ3n) is 6.69. The smallest absolute Gasteiger partial charge is 0.173 e. The Morgan fingerprint density at radius 1 is 0.967 bits per heavy atom. The molecular weight excluding hydrogens is 370 g/mol. The third kappa shape index (κ3) is 3.72. The van der Waals surface area contributed by atoms with Gasteiger partial charge >= 0.3 is 0 Å². The van der Waals surface area contributed by atoms with Crippen LogP contribution in [0, 0.1) is 17.2 Å². The first kappa shape index (κ1) is 22.0. The second-order valence-electron chi connectivity index (χ2n) is 8.62. The van der Waals surface area contributed by atoms with Gasteiger partial charge in [0, 0.05) is 11.0 Å². The lowest BCUT2D eigenvalue weighted by atomic mass is 9.70. The number of nitriles is 1. The Hall–Kier alpha value is -2.73. The van der Waals surface area contributed by atoms with Crippen LogP contribution in [0.25, 0.3) is 11.1 Å². The maximum Gasteiger partial charge on any atom is 0.173 e. The Kier molecular flexibility index (Phi) is 6.56. The Bertz CT molecular complexity index is 1000. The predicted molar refractivity (Wildman–Crippen MR) is 121 cm³/mol. The van der Waals surface area contributed by atoms with Crippen molar-refractivity contribution < 1.29 is 9.59 Å². The van der Waals surface area contributed by atoms with Crippen molar-refractivity contribution in [2.75, 3.05) is 0 Å². The number of benzene rings is 2. The van der Waals surface area contributed by atoms with Crippen molar-refractivity contribution in [1.82, 2.24) is 0 Å². The van der Waals surface area contributed by atoms with E-state index in [2.05, 4.69) is 32.0 Å². The van der Waals surface area contributed by atoms with E-state index < -0.39 is 5.92 Å². The summed E-state index contributed by atoms with van der Waals surface area (Å²) < 4.78 is 0. The number of fused-ring (bicyclic) bond motifs is 3. The molecule has 0 amide bonds. The third-order valence-corrected chi connectivity index (χ3v) is 6.69. The van der Waals surface area contributed by atoms with Crippen LogP contribution in [-0.4, -0.2) is 11.6 Å². The van der Waals surface area contributed by atoms with Crippen molar-refractivity contribution in [1.29, 1.82) is 5.26 Å². The lowest BCUT2D eigenvalue weighted by Gasteiger charge is -2.33. The molecule has 1 atom stereocenters. The van der Waals surface area contributed by atoms with Gasteiger partial charge in [0.25, 0.3) is 0 Å². The van der Waals surface area contributed by atoms with Crippen LogP contribution in [0.5, 0.6) is 0 Å². The van der Waals surface area contributed by atoms with Gasteiger partial charge in [-0.25, -0.2) is 0 Å². The minimum Gasteiger partial charge on any atom is -0.299 e. The van der Waals surface area contributed by atoms with Crippen LogP contribution >= 0.6 is 0 Å². The average Bonchev–Trinajstić information content (AvgIpc) is 3.03. The molecule has 0 saturated heterocycles. The Labute approximate surface area is 180 Å². The summed E-state index contributed by atoms with van der Waals surface area (Å²) in [6, 6.07) is 14.2. The number of rotatable bonds is 9. The fourth-order valence-corrected chi connectivity index (χ4v) is 4.77. The van der Waals surface area contributed by atoms with Gasteiger partial charge in [0.1, 0.15) is 5.78 Å². The van der Waals surface area contributed by atoms with Gasteiger partial charge in [-0.15, -0.1) is 0 Å². The van der Waals surface area contributed by atoms with E-state index in [1.807, 2.05) is 24.3 Å². The van der Waals surface area contributed by atoms with Crippen LogP contribution in [0.15, 0.2) is 36.4 Å². The molecule has 0 saturated carbocycles. The summed E-state index contributed by atoms with van der Waals surface area (Å²) in [7, 11) is 0. The van der Waals surface area contributed by atoms with Crippen molar-refractivity contribution in [3.05, 3.63) is 58.7 Å². The number of Topliss-reactive ketones (excluding diaryl/α,β-unsaturated/α-hetero) is 2. The molecule has 1 aliphatic rings. The second kappa shape index (κ2) is 8.96. The summed E-state index contributed by atoms with van der Waals surface area (Å²) in [5, 5.41) is 9.51. The number of unbranched alkanes of at least 4 members (excludes halogenated alkanes) is 2. The Morgan fingerprint density at radius 3 is 2.07 bits per heavy atom. The first-order valence-electron chi connectivity index (χ1n) is 11.1. The first-order valence-corrected chi connectivity index (χ1v) is 11.1. The van der Waals surface area contributed by atoms with Gasteiger partial charge in [0.2, 0.25) is 0 Å². The molecule has 3 heteroatoms. The zero-order valence-electron chi connectivity index (χ0n) is 18.5. The lowest BCUT2D eigenvalue weighted by molar-refractivity contribution is -0.118. The van der Waals surface area contributed by atoms with Crippen molar-refractivity contribution in [2.45, 2.75) is 71.6 Å². The molecule has 0 fully saturated rings. The molecule has 0 N–H and O–H groups in total. The number of nitrogens with zero attached hydrogens (tertiary/aromatic N) is 1. The summed E-state index contributed by atoms with van der Waals surface area (Å²) in [5.74, 6) is -0.845. The molecule has 0 heterocycles. The largest absolute Gasteiger partial charge is 0.299 e. The van der Waals surface area contributed by atoms with Crippen molar-refractivity contribution in [2.24, 2.45) is 5.92 Å². The standard InChI is InChI=1S/C27H31NO2/c1-5-7-13-27(14-8-6-2)24-15-20(17-28)9-11-22(24)23-12-10-21(16-25(23)27)26(30)18(3)19(4)29/h9-12,15-16,18H,5-8,13-14H2,1-4H3. The van der Waals surface area contributed by atoms with Crippen LogP contribution in [0.3, 0.4) is 0 Å². The van der Waals surface area contributed by atoms with E-state index in [1.54, 1.807) is 6.92 Å². The van der Waals surface area contributed by atoms with Gasteiger partial charge in [-0.1, -0.05) is 57.7 Å². The minimum atomic E-state index is -0.627. The number of hydrogen-bond donors (Lipinski definition) is 0. The maximum absolute atomic E-state index is 12.9. The van der Waals surface area contributed by atoms with E-state index in [0.29, 0.717) is 11.1 Å². The van der Waals surface area contributed by atoms with Crippen LogP contribution in [-0.2, 0) is 10.2 Å². The predicted octanol–water partition coefficient (Wildman–Crippen LogP) is 6.61. The molecule has 0 bridgehead atoms. The highest BCUT2D eigenvalue weighted by Crippen LogP contribution is 2.54. The topological polar surface area (TPSA) is 57.9 Å². The number of ketones is 2. The van der Waals surface area contributed by atoms with Gasteiger partial charge in [-0.2, -0.15) is 5.26 Å². The van der Waals surface area contributed by atoms with E-state index in [-0.39, 0.29) is 17.0 Å². The van der Waals surface area contributed by atoms with E-state index in [0.717, 1.165) is 44.1 Å². The minimum absolute atomic E-state index is 0.106. The quantitative estimate of drug-likeness (QED) is 0.351. The van der Waals surface area contributed by atoms with E-state index in [1.165, 1.54) is 23.6 Å². The Morgan fingerprint density at radius 2 is 1.53 bits per heavy atom. The SMILES string of the molecule is CCCCC1(CCCC)c2cc(C#N)ccc2-c2ccc(C(=O)C(C)C(C)=O)cc21. The summed E-state index contributed by atoms with van der Waals surface area (Å²) >= 11 is 0. The van der Waals surface area contributed by atoms with Gasteiger partial charge in [0.05, 0.1) is 17.6 Å². The Balaban J connectivity index is 2.23. The summed E-state index contributed by atoms with van der Waals surface area (Å²) in [6.07, 6.45) is 6.35. The molecule has 0 spiro atoms. The number of carbonyl (C=O) groups is 2. The zero-order valence-corrected chi connectivity index (χ0v) is 18.5. The van der Waals surface area contributed by atoms with Crippen molar-refractivity contribution in [3.8, 4) is 17.2 Å². The molecule has 2 aromatic rings. The highest BCUT2D eigenvalue weighted by Gasteiger charge is 2.42. The molecule has 1 aliphatic carbocycles. The van der Waals surface area contributed by atoms with E-state index in [9.17, 15) is 14.9 Å². The van der Waals surface area contributed by atoms with E-state index in [4.69, 9.17) is 0 Å². The molecule has 3 nitrogen and oxygen atoms in total. The van der Waals surface area contributed by atoms with Crippen LogP contribution < -0.4 is 0 Å². The summed E-state index contributed by atoms with van der Waals surface area (Å²) in [6.45, 7) is 7.56. The van der Waals surface area contributed by atoms with E-state index >= 15 is 0 Å². The molecular formula is C27H31NO2. The number of hydrogen-bond acceptors (Lipinski definition) is 3. The molecule has 30 heavy (non-hydrogen) atoms. The van der Waals surface area contributed by atoms with Gasteiger partial charge < -0.3 is 0 Å². The fourth-order valence-electron chi connectivity index (χ4n) is 4.77. The molecule has 2 aromatic carbocycles. The van der Waals surface area contributed by atoms with Crippen molar-refractivity contribution in [3.63, 3.8) is 0 Å². The van der Waals surface area contributed by atoms with Gasteiger partial charge in [-0.3, -0.25) is 9.59 Å². The molecule has 156 valence electrons. The summed E-state index contributed by atoms with van der Waals surface area (Å²) in [4.78, 5) is 24.7. The lowest BCUT2D eigenvalue weighted by Crippen LogP contribution is -2.26. The number of carbonyl (C=O) groups excluding carboxylic acids is 2. The highest BCUT2D eigenvalue weighted by atomic mass is 16.1.